The van der Waals surface area contributed by atoms with Gasteiger partial charge in [-0.1, -0.05) is 23.5 Å². The van der Waals surface area contributed by atoms with Crippen LogP contribution in [0, 0.1) is 0 Å². The summed E-state index contributed by atoms with van der Waals surface area (Å²) in [7, 11) is 1.63. The summed E-state index contributed by atoms with van der Waals surface area (Å²) < 4.78 is 20.4. The zero-order valence-corrected chi connectivity index (χ0v) is 19.2. The summed E-state index contributed by atoms with van der Waals surface area (Å²) in [5.41, 5.74) is 0.822. The molecule has 5 rings (SSSR count). The fourth-order valence-corrected chi connectivity index (χ4v) is 4.84. The Hall–Kier alpha value is -3.59. The number of carbonyl (C=O) groups is 1. The molecule has 1 aliphatic heterocycles. The third kappa shape index (κ3) is 4.36. The summed E-state index contributed by atoms with van der Waals surface area (Å²) in [6, 6.07) is 13.1. The third-order valence-electron chi connectivity index (χ3n) is 5.52. The highest BCUT2D eigenvalue weighted by Crippen LogP contribution is 2.36. The molecular formula is C24H24N4O4S. The van der Waals surface area contributed by atoms with Crippen molar-refractivity contribution in [2.75, 3.05) is 18.6 Å². The number of para-hydroxylation sites is 2. The van der Waals surface area contributed by atoms with E-state index in [-0.39, 0.29) is 5.91 Å². The van der Waals surface area contributed by atoms with E-state index in [2.05, 4.69) is 4.98 Å². The Bertz CT molecular complexity index is 1260. The van der Waals surface area contributed by atoms with Gasteiger partial charge in [-0.15, -0.1) is 0 Å². The number of fused-ring (bicyclic) bond motifs is 2. The number of thiazole rings is 1. The van der Waals surface area contributed by atoms with E-state index in [9.17, 15) is 4.79 Å². The lowest BCUT2D eigenvalue weighted by Crippen LogP contribution is -2.51. The van der Waals surface area contributed by atoms with Crippen molar-refractivity contribution in [2.24, 2.45) is 0 Å². The maximum atomic E-state index is 13.8. The number of ether oxygens (including phenoxy) is 3. The molecule has 0 aliphatic carbocycles. The molecule has 0 saturated heterocycles. The highest BCUT2D eigenvalue weighted by molar-refractivity contribution is 7.22. The minimum Gasteiger partial charge on any atom is -0.497 e. The first kappa shape index (κ1) is 21.3. The normalized spacial score (nSPS) is 17.2. The Morgan fingerprint density at radius 1 is 1.21 bits per heavy atom. The summed E-state index contributed by atoms with van der Waals surface area (Å²) in [5.74, 6) is 1.80. The molecule has 0 radical (unpaired) electrons. The van der Waals surface area contributed by atoms with Gasteiger partial charge in [0.15, 0.2) is 16.6 Å². The van der Waals surface area contributed by atoms with Crippen LogP contribution in [0.3, 0.4) is 0 Å². The van der Waals surface area contributed by atoms with Crippen molar-refractivity contribution in [3.63, 3.8) is 0 Å². The second-order valence-electron chi connectivity index (χ2n) is 7.78. The van der Waals surface area contributed by atoms with Crippen molar-refractivity contribution in [1.29, 1.82) is 0 Å². The molecule has 1 aliphatic rings. The maximum Gasteiger partial charge on any atom is 0.273 e. The van der Waals surface area contributed by atoms with Crippen molar-refractivity contribution in [3.05, 3.63) is 61.2 Å². The average Bonchev–Trinajstić information content (AvgIpc) is 3.50. The molecule has 2 atom stereocenters. The molecule has 170 valence electrons. The van der Waals surface area contributed by atoms with E-state index in [1.54, 1.807) is 24.5 Å². The molecule has 3 heterocycles. The van der Waals surface area contributed by atoms with Crippen LogP contribution in [0.1, 0.15) is 13.3 Å². The van der Waals surface area contributed by atoms with Crippen LogP contribution in [-0.2, 0) is 11.3 Å². The summed E-state index contributed by atoms with van der Waals surface area (Å²) >= 11 is 1.46. The van der Waals surface area contributed by atoms with Crippen LogP contribution in [0.2, 0.25) is 0 Å². The van der Waals surface area contributed by atoms with Crippen molar-refractivity contribution in [1.82, 2.24) is 14.5 Å². The topological polar surface area (TPSA) is 78.7 Å². The number of benzene rings is 2. The lowest BCUT2D eigenvalue weighted by Gasteiger charge is -2.33. The summed E-state index contributed by atoms with van der Waals surface area (Å²) in [6.45, 7) is 3.08. The fourth-order valence-electron chi connectivity index (χ4n) is 3.81. The molecule has 2 aromatic heterocycles. The number of aromatic nitrogens is 3. The van der Waals surface area contributed by atoms with E-state index in [1.165, 1.54) is 11.3 Å². The van der Waals surface area contributed by atoms with E-state index in [0.717, 1.165) is 28.9 Å². The molecule has 4 aromatic rings. The van der Waals surface area contributed by atoms with Crippen LogP contribution in [0.4, 0.5) is 5.13 Å². The van der Waals surface area contributed by atoms with Gasteiger partial charge in [-0.2, -0.15) is 0 Å². The molecule has 1 amide bonds. The van der Waals surface area contributed by atoms with Gasteiger partial charge in [0, 0.05) is 25.5 Å². The molecule has 2 aromatic carbocycles. The Morgan fingerprint density at radius 2 is 2.03 bits per heavy atom. The fraction of sp³-hybridized carbons (Fsp3) is 0.292. The molecule has 0 fully saturated rings. The first-order chi connectivity index (χ1) is 16.1. The highest BCUT2D eigenvalue weighted by Gasteiger charge is 2.38. The van der Waals surface area contributed by atoms with Gasteiger partial charge in [-0.25, -0.2) is 9.97 Å². The van der Waals surface area contributed by atoms with Crippen LogP contribution in [0.25, 0.3) is 10.2 Å². The number of imidazole rings is 1. The number of methoxy groups -OCH3 is 1. The second-order valence-corrected chi connectivity index (χ2v) is 8.79. The number of rotatable bonds is 7. The molecule has 0 bridgehead atoms. The predicted octanol–water partition coefficient (Wildman–Crippen LogP) is 4.15. The Balaban J connectivity index is 1.43. The highest BCUT2D eigenvalue weighted by atomic mass is 32.1. The monoisotopic (exact) mass is 464 g/mol. The first-order valence-corrected chi connectivity index (χ1v) is 11.6. The van der Waals surface area contributed by atoms with Crippen molar-refractivity contribution in [3.8, 4) is 17.2 Å². The van der Waals surface area contributed by atoms with Crippen LogP contribution in [0.15, 0.2) is 61.2 Å². The Kier molecular flexibility index (Phi) is 5.87. The van der Waals surface area contributed by atoms with Crippen LogP contribution < -0.4 is 19.1 Å². The number of carbonyl (C=O) groups excluding carboxylic acids is 1. The molecule has 33 heavy (non-hydrogen) atoms. The largest absolute Gasteiger partial charge is 0.497 e. The minimum atomic E-state index is -0.769. The van der Waals surface area contributed by atoms with Gasteiger partial charge in [-0.3, -0.25) is 9.69 Å². The standard InChI is InChI=1S/C24H24N4O4S/c1-16-22(32-20-7-4-3-6-19(20)31-16)23(29)28(12-5-11-27-13-10-25-15-27)24-26-18-9-8-17(30-2)14-21(18)33-24/h3-4,6-10,13-16,22H,5,11-12H2,1-2H3. The summed E-state index contributed by atoms with van der Waals surface area (Å²) in [6.07, 6.45) is 4.96. The number of nitrogens with zero attached hydrogens (tertiary/aromatic N) is 4. The van der Waals surface area contributed by atoms with E-state index in [0.29, 0.717) is 23.2 Å². The lowest BCUT2D eigenvalue weighted by atomic mass is 10.1. The number of anilines is 1. The van der Waals surface area contributed by atoms with Gasteiger partial charge in [0.1, 0.15) is 11.9 Å². The Morgan fingerprint density at radius 3 is 2.79 bits per heavy atom. The summed E-state index contributed by atoms with van der Waals surface area (Å²) in [4.78, 5) is 24.3. The predicted molar refractivity (Wildman–Crippen MR) is 126 cm³/mol. The third-order valence-corrected chi connectivity index (χ3v) is 6.57. The van der Waals surface area contributed by atoms with Crippen LogP contribution in [0.5, 0.6) is 17.2 Å². The second kappa shape index (κ2) is 9.11. The van der Waals surface area contributed by atoms with Gasteiger partial charge < -0.3 is 18.8 Å². The lowest BCUT2D eigenvalue weighted by molar-refractivity contribution is -0.130. The van der Waals surface area contributed by atoms with Crippen molar-refractivity contribution >= 4 is 32.6 Å². The van der Waals surface area contributed by atoms with E-state index in [4.69, 9.17) is 19.2 Å². The van der Waals surface area contributed by atoms with Gasteiger partial charge in [0.05, 0.1) is 23.7 Å². The van der Waals surface area contributed by atoms with Crippen molar-refractivity contribution < 1.29 is 19.0 Å². The van der Waals surface area contributed by atoms with E-state index in [1.807, 2.05) is 60.2 Å². The molecule has 8 nitrogen and oxygen atoms in total. The number of amides is 1. The van der Waals surface area contributed by atoms with Gasteiger partial charge >= 0.3 is 0 Å². The number of aryl methyl sites for hydroxylation is 1. The number of hydrogen-bond donors (Lipinski definition) is 0. The molecule has 0 saturated carbocycles. The van der Waals surface area contributed by atoms with Crippen molar-refractivity contribution in [2.45, 2.75) is 32.1 Å². The van der Waals surface area contributed by atoms with Crippen LogP contribution >= 0.6 is 11.3 Å². The molecule has 0 spiro atoms. The molecule has 9 heteroatoms. The smallest absolute Gasteiger partial charge is 0.273 e. The number of hydrogen-bond acceptors (Lipinski definition) is 7. The SMILES string of the molecule is COc1ccc2nc(N(CCCn3ccnc3)C(=O)C3Oc4ccccc4OC3C)sc2c1. The Labute approximate surface area is 195 Å². The maximum absolute atomic E-state index is 13.8. The van der Waals surface area contributed by atoms with Crippen LogP contribution in [-0.4, -0.2) is 46.3 Å². The van der Waals surface area contributed by atoms with Gasteiger partial charge in [0.2, 0.25) is 6.10 Å². The van der Waals surface area contributed by atoms with Gasteiger partial charge in [-0.05, 0) is 43.7 Å². The molecular weight excluding hydrogens is 440 g/mol. The zero-order chi connectivity index (χ0) is 22.8. The zero-order valence-electron chi connectivity index (χ0n) is 18.4. The summed E-state index contributed by atoms with van der Waals surface area (Å²) in [5, 5.41) is 0.628. The minimum absolute atomic E-state index is 0.173. The first-order valence-electron chi connectivity index (χ1n) is 10.8. The van der Waals surface area contributed by atoms with Gasteiger partial charge in [0.25, 0.3) is 5.91 Å². The van der Waals surface area contributed by atoms with E-state index >= 15 is 0 Å². The molecule has 0 N–H and O–H groups in total. The molecule has 2 unspecified atom stereocenters. The van der Waals surface area contributed by atoms with E-state index < -0.39 is 12.2 Å². The average molecular weight is 465 g/mol. The quantitative estimate of drug-likeness (QED) is 0.409.